The van der Waals surface area contributed by atoms with Crippen molar-refractivity contribution >= 4 is 28.5 Å². The molecule has 0 radical (unpaired) electrons. The van der Waals surface area contributed by atoms with Crippen LogP contribution in [0.5, 0.6) is 5.75 Å². The number of hydrogen-bond donors (Lipinski definition) is 1. The van der Waals surface area contributed by atoms with Gasteiger partial charge in [0.25, 0.3) is 5.91 Å². The molecular formula is C20H17NO6. The highest BCUT2D eigenvalue weighted by Crippen LogP contribution is 2.25. The van der Waals surface area contributed by atoms with Gasteiger partial charge < -0.3 is 19.2 Å². The highest BCUT2D eigenvalue weighted by Gasteiger charge is 2.17. The summed E-state index contributed by atoms with van der Waals surface area (Å²) < 4.78 is 15.2. The van der Waals surface area contributed by atoms with Crippen molar-refractivity contribution in [1.29, 1.82) is 0 Å². The molecule has 0 aliphatic carbocycles. The number of anilines is 1. The minimum atomic E-state index is -0.930. The number of benzene rings is 2. The monoisotopic (exact) mass is 367 g/mol. The maximum atomic E-state index is 12.2. The molecule has 0 atom stereocenters. The number of amides is 1. The van der Waals surface area contributed by atoms with Crippen LogP contribution in [0.4, 0.5) is 5.69 Å². The van der Waals surface area contributed by atoms with Gasteiger partial charge in [-0.3, -0.25) is 4.79 Å². The fourth-order valence-electron chi connectivity index (χ4n) is 2.52. The third-order valence-corrected chi connectivity index (χ3v) is 3.82. The molecule has 0 unspecified atom stereocenters. The van der Waals surface area contributed by atoms with E-state index in [1.54, 1.807) is 36.4 Å². The standard InChI is InChI=1S/C20H17NO6/c1-12-7-8-17(25-2)15(9-12)21-18(22)11-26-19(23)14-10-13-5-3-4-6-16(13)27-20(14)24/h3-10H,11H2,1-2H3,(H,21,22). The van der Waals surface area contributed by atoms with Gasteiger partial charge in [-0.2, -0.15) is 0 Å². The molecule has 7 heteroatoms. The quantitative estimate of drug-likeness (QED) is 0.550. The third-order valence-electron chi connectivity index (χ3n) is 3.82. The smallest absolute Gasteiger partial charge is 0.351 e. The van der Waals surface area contributed by atoms with Crippen LogP contribution in [0.25, 0.3) is 11.0 Å². The third kappa shape index (κ3) is 4.14. The number of carbonyl (C=O) groups excluding carboxylic acids is 2. The molecule has 0 fully saturated rings. The summed E-state index contributed by atoms with van der Waals surface area (Å²) >= 11 is 0. The molecule has 0 aliphatic heterocycles. The molecule has 0 aliphatic rings. The maximum Gasteiger partial charge on any atom is 0.351 e. The highest BCUT2D eigenvalue weighted by atomic mass is 16.5. The van der Waals surface area contributed by atoms with E-state index in [2.05, 4.69) is 5.32 Å². The lowest BCUT2D eigenvalue weighted by Gasteiger charge is -2.11. The van der Waals surface area contributed by atoms with Gasteiger partial charge in [-0.1, -0.05) is 24.3 Å². The van der Waals surface area contributed by atoms with Crippen molar-refractivity contribution < 1.29 is 23.5 Å². The molecule has 27 heavy (non-hydrogen) atoms. The first kappa shape index (κ1) is 18.2. The molecule has 3 aromatic rings. The topological polar surface area (TPSA) is 94.8 Å². The Kier molecular flexibility index (Phi) is 5.21. The van der Waals surface area contributed by atoms with E-state index in [0.29, 0.717) is 22.4 Å². The largest absolute Gasteiger partial charge is 0.495 e. The SMILES string of the molecule is COc1ccc(C)cc1NC(=O)COC(=O)c1cc2ccccc2oc1=O. The predicted octanol–water partition coefficient (Wildman–Crippen LogP) is 2.91. The molecule has 0 spiro atoms. The van der Waals surface area contributed by atoms with Gasteiger partial charge in [0, 0.05) is 5.39 Å². The van der Waals surface area contributed by atoms with Crippen molar-refractivity contribution in [1.82, 2.24) is 0 Å². The lowest BCUT2D eigenvalue weighted by atomic mass is 10.2. The van der Waals surface area contributed by atoms with Crippen LogP contribution < -0.4 is 15.7 Å². The van der Waals surface area contributed by atoms with Crippen molar-refractivity contribution in [3.63, 3.8) is 0 Å². The Bertz CT molecular complexity index is 1070. The fraction of sp³-hybridized carbons (Fsp3) is 0.150. The number of aryl methyl sites for hydroxylation is 1. The van der Waals surface area contributed by atoms with Crippen LogP contribution in [-0.2, 0) is 9.53 Å². The van der Waals surface area contributed by atoms with Gasteiger partial charge in [-0.25, -0.2) is 9.59 Å². The van der Waals surface area contributed by atoms with Crippen molar-refractivity contribution in [2.45, 2.75) is 6.92 Å². The second-order valence-corrected chi connectivity index (χ2v) is 5.81. The average Bonchev–Trinajstić information content (AvgIpc) is 2.65. The number of hydrogen-bond acceptors (Lipinski definition) is 6. The van der Waals surface area contributed by atoms with E-state index in [4.69, 9.17) is 13.9 Å². The van der Waals surface area contributed by atoms with E-state index in [0.717, 1.165) is 5.56 Å². The summed E-state index contributed by atoms with van der Waals surface area (Å²) in [5.41, 5.74) is 0.665. The van der Waals surface area contributed by atoms with E-state index in [1.807, 2.05) is 13.0 Å². The molecule has 1 amide bonds. The number of nitrogens with one attached hydrogen (secondary N) is 1. The van der Waals surface area contributed by atoms with Crippen LogP contribution in [0, 0.1) is 6.92 Å². The summed E-state index contributed by atoms with van der Waals surface area (Å²) in [6.07, 6.45) is 0. The molecule has 2 aromatic carbocycles. The molecule has 0 saturated heterocycles. The summed E-state index contributed by atoms with van der Waals surface area (Å²) in [6, 6.07) is 13.5. The van der Waals surface area contributed by atoms with Crippen molar-refractivity contribution in [3.05, 3.63) is 70.1 Å². The zero-order valence-electron chi connectivity index (χ0n) is 14.8. The van der Waals surface area contributed by atoms with E-state index in [9.17, 15) is 14.4 Å². The fourth-order valence-corrected chi connectivity index (χ4v) is 2.52. The normalized spacial score (nSPS) is 10.4. The molecular weight excluding hydrogens is 350 g/mol. The molecule has 0 saturated carbocycles. The van der Waals surface area contributed by atoms with Crippen molar-refractivity contribution in [2.75, 3.05) is 19.0 Å². The molecule has 1 heterocycles. The van der Waals surface area contributed by atoms with Crippen LogP contribution in [0.15, 0.2) is 57.7 Å². The minimum absolute atomic E-state index is 0.269. The van der Waals surface area contributed by atoms with Gasteiger partial charge in [-0.15, -0.1) is 0 Å². The summed E-state index contributed by atoms with van der Waals surface area (Å²) in [6.45, 7) is 1.32. The maximum absolute atomic E-state index is 12.2. The van der Waals surface area contributed by atoms with Gasteiger partial charge in [0.05, 0.1) is 12.8 Å². The van der Waals surface area contributed by atoms with E-state index < -0.39 is 24.1 Å². The lowest BCUT2D eigenvalue weighted by Crippen LogP contribution is -2.23. The number of carbonyl (C=O) groups is 2. The molecule has 3 rings (SSSR count). The number of para-hydroxylation sites is 1. The molecule has 1 aromatic heterocycles. The van der Waals surface area contributed by atoms with Crippen molar-refractivity contribution in [3.8, 4) is 5.75 Å². The van der Waals surface area contributed by atoms with Gasteiger partial charge >= 0.3 is 11.6 Å². The summed E-state index contributed by atoms with van der Waals surface area (Å²) in [5.74, 6) is -1.01. The first-order valence-corrected chi connectivity index (χ1v) is 8.12. The van der Waals surface area contributed by atoms with Gasteiger partial charge in [-0.05, 0) is 36.8 Å². The number of ether oxygens (including phenoxy) is 2. The Labute approximate surface area is 154 Å². The van der Waals surface area contributed by atoms with Crippen LogP contribution in [0.2, 0.25) is 0 Å². The number of rotatable bonds is 5. The first-order valence-electron chi connectivity index (χ1n) is 8.12. The first-order chi connectivity index (χ1) is 13.0. The second kappa shape index (κ2) is 7.74. The van der Waals surface area contributed by atoms with E-state index in [-0.39, 0.29) is 5.56 Å². The molecule has 1 N–H and O–H groups in total. The molecule has 138 valence electrons. The van der Waals surface area contributed by atoms with Crippen LogP contribution in [0.1, 0.15) is 15.9 Å². The lowest BCUT2D eigenvalue weighted by molar-refractivity contribution is -0.119. The summed E-state index contributed by atoms with van der Waals surface area (Å²) in [5, 5.41) is 3.19. The Morgan fingerprint density at radius 1 is 1.11 bits per heavy atom. The number of methoxy groups -OCH3 is 1. The number of esters is 1. The van der Waals surface area contributed by atoms with E-state index >= 15 is 0 Å². The minimum Gasteiger partial charge on any atom is -0.495 e. The van der Waals surface area contributed by atoms with Crippen LogP contribution >= 0.6 is 0 Å². The van der Waals surface area contributed by atoms with Gasteiger partial charge in [0.2, 0.25) is 0 Å². The Balaban J connectivity index is 1.69. The van der Waals surface area contributed by atoms with Crippen LogP contribution in [-0.4, -0.2) is 25.6 Å². The van der Waals surface area contributed by atoms with E-state index in [1.165, 1.54) is 13.2 Å². The summed E-state index contributed by atoms with van der Waals surface area (Å²) in [7, 11) is 1.49. The van der Waals surface area contributed by atoms with Crippen LogP contribution in [0.3, 0.4) is 0 Å². The van der Waals surface area contributed by atoms with Gasteiger partial charge in [0.1, 0.15) is 16.9 Å². The predicted molar refractivity (Wildman–Crippen MR) is 99.1 cm³/mol. The Morgan fingerprint density at radius 2 is 1.89 bits per heavy atom. The zero-order chi connectivity index (χ0) is 19.4. The highest BCUT2D eigenvalue weighted by molar-refractivity contribution is 5.97. The molecule has 7 nitrogen and oxygen atoms in total. The number of fused-ring (bicyclic) bond motifs is 1. The Hall–Kier alpha value is -3.61. The molecule has 0 bridgehead atoms. The van der Waals surface area contributed by atoms with Crippen molar-refractivity contribution in [2.24, 2.45) is 0 Å². The summed E-state index contributed by atoms with van der Waals surface area (Å²) in [4.78, 5) is 36.2. The average molecular weight is 367 g/mol. The zero-order valence-corrected chi connectivity index (χ0v) is 14.8. The second-order valence-electron chi connectivity index (χ2n) is 5.81. The Morgan fingerprint density at radius 3 is 2.67 bits per heavy atom. The van der Waals surface area contributed by atoms with Gasteiger partial charge in [0.15, 0.2) is 6.61 Å².